The van der Waals surface area contributed by atoms with Crippen LogP contribution in [-0.2, 0) is 16.0 Å². The highest BCUT2D eigenvalue weighted by atomic mass is 32.2. The zero-order chi connectivity index (χ0) is 21.4. The van der Waals surface area contributed by atoms with E-state index in [1.54, 1.807) is 22.4 Å². The third-order valence-corrected chi connectivity index (χ3v) is 6.93. The molecule has 5 rings (SSSR count). The molecule has 0 bridgehead atoms. The largest absolute Gasteiger partial charge is 0.467 e. The Bertz CT molecular complexity index is 1340. The van der Waals surface area contributed by atoms with Crippen LogP contribution >= 0.6 is 11.8 Å². The van der Waals surface area contributed by atoms with Gasteiger partial charge < -0.3 is 4.74 Å². The Kier molecular flexibility index (Phi) is 5.12. The molecule has 0 amide bonds. The maximum atomic E-state index is 13.1. The van der Waals surface area contributed by atoms with Crippen LogP contribution in [-0.4, -0.2) is 23.4 Å². The van der Waals surface area contributed by atoms with Crippen molar-refractivity contribution >= 4 is 28.5 Å². The molecule has 0 N–H and O–H groups in total. The van der Waals surface area contributed by atoms with Crippen molar-refractivity contribution < 1.29 is 9.53 Å². The van der Waals surface area contributed by atoms with Crippen molar-refractivity contribution in [2.75, 3.05) is 12.9 Å². The molecule has 1 aliphatic rings. The molecule has 1 atom stereocenters. The van der Waals surface area contributed by atoms with Crippen LogP contribution in [0.2, 0.25) is 0 Å². The van der Waals surface area contributed by atoms with Crippen molar-refractivity contribution in [3.05, 3.63) is 100 Å². The van der Waals surface area contributed by atoms with Crippen LogP contribution in [0.1, 0.15) is 17.2 Å². The van der Waals surface area contributed by atoms with Gasteiger partial charge in [0.15, 0.2) is 0 Å². The van der Waals surface area contributed by atoms with E-state index in [-0.39, 0.29) is 11.5 Å². The second-order valence-electron chi connectivity index (χ2n) is 7.59. The fraction of sp³-hybridized carbons (Fsp3) is 0.154. The molecule has 1 aromatic heterocycles. The van der Waals surface area contributed by atoms with Crippen LogP contribution in [0.4, 0.5) is 0 Å². The summed E-state index contributed by atoms with van der Waals surface area (Å²) in [7, 11) is 1.36. The van der Waals surface area contributed by atoms with Gasteiger partial charge in [0.25, 0.3) is 5.56 Å². The number of aromatic nitrogens is 1. The van der Waals surface area contributed by atoms with Crippen molar-refractivity contribution in [3.63, 3.8) is 0 Å². The molecule has 0 radical (unpaired) electrons. The molecule has 4 nitrogen and oxygen atoms in total. The molecular weight excluding hydrogens is 406 g/mol. The Morgan fingerprint density at radius 3 is 2.55 bits per heavy atom. The van der Waals surface area contributed by atoms with Crippen molar-refractivity contribution in [2.24, 2.45) is 0 Å². The lowest BCUT2D eigenvalue weighted by molar-refractivity contribution is -0.143. The molecule has 0 fully saturated rings. The number of rotatable bonds is 4. The minimum Gasteiger partial charge on any atom is -0.467 e. The number of pyridine rings is 1. The summed E-state index contributed by atoms with van der Waals surface area (Å²) in [6.07, 6.45) is 0.637. The summed E-state index contributed by atoms with van der Waals surface area (Å²) < 4.78 is 6.56. The summed E-state index contributed by atoms with van der Waals surface area (Å²) in [4.78, 5) is 25.4. The average Bonchev–Trinajstić information content (AvgIpc) is 3.25. The number of nitrogens with zero attached hydrogens (tertiary/aromatic N) is 1. The first-order valence-electron chi connectivity index (χ1n) is 10.2. The highest BCUT2D eigenvalue weighted by molar-refractivity contribution is 7.99. The van der Waals surface area contributed by atoms with Gasteiger partial charge in [-0.25, -0.2) is 4.79 Å². The fourth-order valence-corrected chi connectivity index (χ4v) is 5.68. The molecule has 3 aromatic carbocycles. The molecule has 154 valence electrons. The molecule has 1 unspecified atom stereocenters. The Balaban J connectivity index is 1.72. The molecule has 0 spiro atoms. The summed E-state index contributed by atoms with van der Waals surface area (Å²) in [5, 5.41) is 3.20. The summed E-state index contributed by atoms with van der Waals surface area (Å²) in [6.45, 7) is 0. The molecule has 0 aliphatic carbocycles. The number of ether oxygens (including phenoxy) is 1. The second-order valence-corrected chi connectivity index (χ2v) is 8.60. The second kappa shape index (κ2) is 8.08. The first kappa shape index (κ1) is 19.6. The zero-order valence-electron chi connectivity index (χ0n) is 17.1. The molecule has 0 saturated carbocycles. The van der Waals surface area contributed by atoms with E-state index in [1.807, 2.05) is 30.3 Å². The van der Waals surface area contributed by atoms with Gasteiger partial charge >= 0.3 is 5.97 Å². The van der Waals surface area contributed by atoms with Crippen molar-refractivity contribution in [1.29, 1.82) is 0 Å². The van der Waals surface area contributed by atoms with Gasteiger partial charge in [0.2, 0.25) is 0 Å². The van der Waals surface area contributed by atoms with E-state index in [4.69, 9.17) is 4.74 Å². The number of esters is 1. The number of thioether (sulfide) groups is 1. The van der Waals surface area contributed by atoms with Gasteiger partial charge in [-0.1, -0.05) is 72.8 Å². The minimum absolute atomic E-state index is 0.162. The predicted molar refractivity (Wildman–Crippen MR) is 125 cm³/mol. The monoisotopic (exact) mass is 427 g/mol. The summed E-state index contributed by atoms with van der Waals surface area (Å²) >= 11 is 1.55. The number of carbonyl (C=O) groups excluding carboxylic acids is 1. The summed E-state index contributed by atoms with van der Waals surface area (Å²) in [5.41, 5.74) is 4.04. The van der Waals surface area contributed by atoms with Crippen LogP contribution in [0.5, 0.6) is 0 Å². The quantitative estimate of drug-likeness (QED) is 0.426. The lowest BCUT2D eigenvalue weighted by atomic mass is 9.93. The lowest BCUT2D eigenvalue weighted by Gasteiger charge is -2.18. The van der Waals surface area contributed by atoms with Gasteiger partial charge in [0, 0.05) is 17.4 Å². The molecule has 1 aliphatic heterocycles. The van der Waals surface area contributed by atoms with Gasteiger partial charge in [-0.15, -0.1) is 11.8 Å². The minimum atomic E-state index is -0.591. The van der Waals surface area contributed by atoms with E-state index >= 15 is 0 Å². The standard InChI is InChI=1S/C26H21NO3S/c1-30-26(29)22-16-31-25-24(18-9-3-2-4-10-18)20(15-23(28)27(22)25)14-19-12-7-11-17-8-5-6-13-21(17)19/h2-13,15,22H,14,16H2,1H3. The Hall–Kier alpha value is -3.31. The smallest absolute Gasteiger partial charge is 0.329 e. The number of methoxy groups -OCH3 is 1. The molecule has 4 aromatic rings. The Morgan fingerprint density at radius 2 is 1.74 bits per heavy atom. The third kappa shape index (κ3) is 3.45. The maximum Gasteiger partial charge on any atom is 0.329 e. The third-order valence-electron chi connectivity index (χ3n) is 5.78. The fourth-order valence-electron chi connectivity index (χ4n) is 4.33. The van der Waals surface area contributed by atoms with Gasteiger partial charge in [-0.05, 0) is 33.9 Å². The lowest BCUT2D eigenvalue weighted by Crippen LogP contribution is -2.30. The van der Waals surface area contributed by atoms with Crippen molar-refractivity contribution in [2.45, 2.75) is 17.5 Å². The number of carbonyl (C=O) groups is 1. The predicted octanol–water partition coefficient (Wildman–Crippen LogP) is 5.08. The van der Waals surface area contributed by atoms with Gasteiger partial charge in [0.1, 0.15) is 6.04 Å². The van der Waals surface area contributed by atoms with Gasteiger partial charge in [-0.3, -0.25) is 9.36 Å². The maximum absolute atomic E-state index is 13.1. The van der Waals surface area contributed by atoms with Gasteiger partial charge in [-0.2, -0.15) is 0 Å². The molecule has 2 heterocycles. The number of hydrogen-bond donors (Lipinski definition) is 0. The van der Waals surface area contributed by atoms with E-state index < -0.39 is 6.04 Å². The highest BCUT2D eigenvalue weighted by Crippen LogP contribution is 2.41. The number of fused-ring (bicyclic) bond motifs is 2. The molecule has 31 heavy (non-hydrogen) atoms. The van der Waals surface area contributed by atoms with Crippen LogP contribution in [0.3, 0.4) is 0 Å². The SMILES string of the molecule is COC(=O)C1CSc2c(-c3ccccc3)c(Cc3cccc4ccccc34)cc(=O)n21. The Morgan fingerprint density at radius 1 is 1.00 bits per heavy atom. The Labute approximate surface area is 184 Å². The van der Waals surface area contributed by atoms with E-state index in [0.717, 1.165) is 21.7 Å². The molecule has 5 heteroatoms. The summed E-state index contributed by atoms with van der Waals surface area (Å²) in [5.74, 6) is 0.119. The first-order valence-corrected chi connectivity index (χ1v) is 11.2. The summed E-state index contributed by atoms with van der Waals surface area (Å²) in [6, 6.07) is 25.8. The van der Waals surface area contributed by atoms with Crippen molar-refractivity contribution in [1.82, 2.24) is 4.57 Å². The van der Waals surface area contributed by atoms with Crippen LogP contribution in [0.15, 0.2) is 88.7 Å². The topological polar surface area (TPSA) is 48.3 Å². The average molecular weight is 428 g/mol. The number of hydrogen-bond acceptors (Lipinski definition) is 4. The normalized spacial score (nSPS) is 15.1. The zero-order valence-corrected chi connectivity index (χ0v) is 17.9. The van der Waals surface area contributed by atoms with Crippen LogP contribution < -0.4 is 5.56 Å². The van der Waals surface area contributed by atoms with Crippen LogP contribution in [0.25, 0.3) is 21.9 Å². The highest BCUT2D eigenvalue weighted by Gasteiger charge is 2.33. The van der Waals surface area contributed by atoms with E-state index in [0.29, 0.717) is 12.2 Å². The number of benzene rings is 3. The van der Waals surface area contributed by atoms with Gasteiger partial charge in [0.05, 0.1) is 12.1 Å². The van der Waals surface area contributed by atoms with E-state index in [9.17, 15) is 9.59 Å². The first-order chi connectivity index (χ1) is 15.2. The van der Waals surface area contributed by atoms with E-state index in [1.165, 1.54) is 23.4 Å². The van der Waals surface area contributed by atoms with Crippen molar-refractivity contribution in [3.8, 4) is 11.1 Å². The van der Waals surface area contributed by atoms with Crippen LogP contribution in [0, 0.1) is 0 Å². The van der Waals surface area contributed by atoms with E-state index in [2.05, 4.69) is 42.5 Å². The molecule has 0 saturated heterocycles. The molecular formula is C26H21NO3S.